The lowest BCUT2D eigenvalue weighted by Crippen LogP contribution is -2.31. The molecule has 1 saturated heterocycles. The molecule has 0 bridgehead atoms. The maximum atomic E-state index is 11.8. The van der Waals surface area contributed by atoms with Gasteiger partial charge in [-0.3, -0.25) is 9.59 Å². The number of amides is 2. The molecule has 1 aliphatic heterocycles. The number of nitrogens with zero attached hydrogens (tertiary/aromatic N) is 1. The molecule has 0 aromatic carbocycles. The number of rotatable bonds is 6. The Morgan fingerprint density at radius 3 is 2.76 bits per heavy atom. The Kier molecular flexibility index (Phi) is 5.97. The van der Waals surface area contributed by atoms with Crippen LogP contribution < -0.4 is 10.6 Å². The first-order chi connectivity index (χ1) is 8.13. The van der Waals surface area contributed by atoms with Gasteiger partial charge in [-0.2, -0.15) is 0 Å². The van der Waals surface area contributed by atoms with E-state index in [1.807, 2.05) is 0 Å². The highest BCUT2D eigenvalue weighted by atomic mass is 16.2. The van der Waals surface area contributed by atoms with E-state index >= 15 is 0 Å². The van der Waals surface area contributed by atoms with Crippen molar-refractivity contribution < 1.29 is 9.59 Å². The Morgan fingerprint density at radius 1 is 1.41 bits per heavy atom. The summed E-state index contributed by atoms with van der Waals surface area (Å²) in [5.74, 6) is 0.761. The third-order valence-electron chi connectivity index (χ3n) is 3.31. The molecule has 0 aliphatic carbocycles. The second-order valence-electron chi connectivity index (χ2n) is 4.64. The molecule has 0 spiro atoms. The van der Waals surface area contributed by atoms with Crippen molar-refractivity contribution in [1.29, 1.82) is 0 Å². The second-order valence-corrected chi connectivity index (χ2v) is 4.64. The lowest BCUT2D eigenvalue weighted by molar-refractivity contribution is -0.130. The molecule has 2 amide bonds. The van der Waals surface area contributed by atoms with E-state index in [9.17, 15) is 9.59 Å². The Morgan fingerprint density at radius 2 is 2.18 bits per heavy atom. The van der Waals surface area contributed by atoms with E-state index in [0.29, 0.717) is 25.3 Å². The van der Waals surface area contributed by atoms with Gasteiger partial charge in [0.15, 0.2) is 0 Å². The molecule has 1 rings (SSSR count). The van der Waals surface area contributed by atoms with E-state index in [1.54, 1.807) is 19.0 Å². The second kappa shape index (κ2) is 7.27. The van der Waals surface area contributed by atoms with Gasteiger partial charge in [-0.1, -0.05) is 0 Å². The minimum absolute atomic E-state index is 0.0235. The van der Waals surface area contributed by atoms with Crippen molar-refractivity contribution in [2.45, 2.75) is 25.7 Å². The van der Waals surface area contributed by atoms with Crippen LogP contribution in [-0.4, -0.2) is 50.4 Å². The molecule has 98 valence electrons. The fourth-order valence-corrected chi connectivity index (χ4v) is 2.00. The first kappa shape index (κ1) is 14.0. The van der Waals surface area contributed by atoms with E-state index < -0.39 is 0 Å². The third-order valence-corrected chi connectivity index (χ3v) is 3.31. The Hall–Kier alpha value is -1.10. The van der Waals surface area contributed by atoms with Crippen molar-refractivity contribution in [3.63, 3.8) is 0 Å². The molecule has 1 fully saturated rings. The quantitative estimate of drug-likeness (QED) is 0.686. The number of carbonyl (C=O) groups is 2. The van der Waals surface area contributed by atoms with Gasteiger partial charge in [0.1, 0.15) is 0 Å². The number of nitrogens with one attached hydrogen (secondary N) is 2. The maximum absolute atomic E-state index is 11.8. The van der Waals surface area contributed by atoms with Gasteiger partial charge in [-0.15, -0.1) is 0 Å². The maximum Gasteiger partial charge on any atom is 0.222 e. The number of hydrogen-bond acceptors (Lipinski definition) is 3. The van der Waals surface area contributed by atoms with E-state index in [0.717, 1.165) is 19.5 Å². The summed E-state index contributed by atoms with van der Waals surface area (Å²) < 4.78 is 0. The molecule has 0 radical (unpaired) electrons. The van der Waals surface area contributed by atoms with Crippen molar-refractivity contribution in [2.75, 3.05) is 33.7 Å². The lowest BCUT2D eigenvalue weighted by Gasteiger charge is -2.17. The van der Waals surface area contributed by atoms with Gasteiger partial charge in [-0.05, 0) is 31.8 Å². The number of carbonyl (C=O) groups excluding carboxylic acids is 2. The first-order valence-corrected chi connectivity index (χ1v) is 6.28. The van der Waals surface area contributed by atoms with E-state index in [2.05, 4.69) is 10.6 Å². The number of hydrogen-bond donors (Lipinski definition) is 2. The normalized spacial score (nSPS) is 19.1. The van der Waals surface area contributed by atoms with E-state index in [-0.39, 0.29) is 11.8 Å². The molecule has 1 heterocycles. The summed E-state index contributed by atoms with van der Waals surface area (Å²) in [7, 11) is 3.37. The van der Waals surface area contributed by atoms with Crippen LogP contribution in [0.5, 0.6) is 0 Å². The summed E-state index contributed by atoms with van der Waals surface area (Å²) in [5.41, 5.74) is 0. The Labute approximate surface area is 103 Å². The summed E-state index contributed by atoms with van der Waals surface area (Å²) >= 11 is 0. The predicted octanol–water partition coefficient (Wildman–Crippen LogP) is -0.0294. The molecule has 1 aliphatic rings. The molecule has 2 N–H and O–H groups in total. The van der Waals surface area contributed by atoms with Crippen LogP contribution in [-0.2, 0) is 9.59 Å². The SMILES string of the molecule is CNC(=O)CCN(C)C(=O)CCC1CCNC1. The summed E-state index contributed by atoms with van der Waals surface area (Å²) in [6.45, 7) is 2.61. The zero-order chi connectivity index (χ0) is 12.7. The molecule has 5 nitrogen and oxygen atoms in total. The molecule has 0 aromatic heterocycles. The van der Waals surface area contributed by atoms with Crippen LogP contribution in [0.1, 0.15) is 25.7 Å². The highest BCUT2D eigenvalue weighted by Crippen LogP contribution is 2.14. The van der Waals surface area contributed by atoms with Gasteiger partial charge < -0.3 is 15.5 Å². The minimum atomic E-state index is -0.0235. The van der Waals surface area contributed by atoms with Crippen LogP contribution in [0.3, 0.4) is 0 Å². The lowest BCUT2D eigenvalue weighted by atomic mass is 10.0. The molecule has 1 unspecified atom stereocenters. The Balaban J connectivity index is 2.14. The van der Waals surface area contributed by atoms with Gasteiger partial charge in [0, 0.05) is 33.5 Å². The van der Waals surface area contributed by atoms with Crippen LogP contribution in [0.2, 0.25) is 0 Å². The van der Waals surface area contributed by atoms with Crippen LogP contribution in [0.15, 0.2) is 0 Å². The van der Waals surface area contributed by atoms with Gasteiger partial charge in [-0.25, -0.2) is 0 Å². The average Bonchev–Trinajstić information content (AvgIpc) is 2.85. The van der Waals surface area contributed by atoms with Crippen molar-refractivity contribution >= 4 is 11.8 Å². The molecular weight excluding hydrogens is 218 g/mol. The van der Waals surface area contributed by atoms with Crippen molar-refractivity contribution in [2.24, 2.45) is 5.92 Å². The standard InChI is InChI=1S/C12H23N3O2/c1-13-11(16)6-8-15(2)12(17)4-3-10-5-7-14-9-10/h10,14H,3-9H2,1-2H3,(H,13,16). The molecule has 0 saturated carbocycles. The minimum Gasteiger partial charge on any atom is -0.359 e. The molecule has 17 heavy (non-hydrogen) atoms. The summed E-state index contributed by atoms with van der Waals surface area (Å²) in [6, 6.07) is 0. The van der Waals surface area contributed by atoms with Crippen LogP contribution >= 0.6 is 0 Å². The highest BCUT2D eigenvalue weighted by Gasteiger charge is 2.17. The smallest absolute Gasteiger partial charge is 0.222 e. The molecule has 5 heteroatoms. The Bertz CT molecular complexity index is 262. The molecular formula is C12H23N3O2. The topological polar surface area (TPSA) is 61.4 Å². The van der Waals surface area contributed by atoms with Crippen LogP contribution in [0, 0.1) is 5.92 Å². The third kappa shape index (κ3) is 5.17. The fraction of sp³-hybridized carbons (Fsp3) is 0.833. The monoisotopic (exact) mass is 241 g/mol. The summed E-state index contributed by atoms with van der Waals surface area (Å²) in [5, 5.41) is 5.85. The van der Waals surface area contributed by atoms with E-state index in [4.69, 9.17) is 0 Å². The van der Waals surface area contributed by atoms with Crippen molar-refractivity contribution in [3.8, 4) is 0 Å². The van der Waals surface area contributed by atoms with Crippen molar-refractivity contribution in [3.05, 3.63) is 0 Å². The predicted molar refractivity (Wildman–Crippen MR) is 66.5 cm³/mol. The van der Waals surface area contributed by atoms with Gasteiger partial charge in [0.05, 0.1) is 0 Å². The average molecular weight is 241 g/mol. The zero-order valence-electron chi connectivity index (χ0n) is 10.8. The first-order valence-electron chi connectivity index (χ1n) is 6.28. The fourth-order valence-electron chi connectivity index (χ4n) is 2.00. The van der Waals surface area contributed by atoms with Gasteiger partial charge in [0.25, 0.3) is 0 Å². The van der Waals surface area contributed by atoms with Crippen LogP contribution in [0.4, 0.5) is 0 Å². The van der Waals surface area contributed by atoms with E-state index in [1.165, 1.54) is 6.42 Å². The van der Waals surface area contributed by atoms with Gasteiger partial charge >= 0.3 is 0 Å². The molecule has 0 aromatic rings. The largest absolute Gasteiger partial charge is 0.359 e. The highest BCUT2D eigenvalue weighted by molar-refractivity contribution is 5.78. The van der Waals surface area contributed by atoms with Gasteiger partial charge in [0.2, 0.25) is 11.8 Å². The molecule has 1 atom stereocenters. The van der Waals surface area contributed by atoms with Crippen LogP contribution in [0.25, 0.3) is 0 Å². The zero-order valence-corrected chi connectivity index (χ0v) is 10.8. The summed E-state index contributed by atoms with van der Waals surface area (Å²) in [4.78, 5) is 24.5. The van der Waals surface area contributed by atoms with Crippen molar-refractivity contribution in [1.82, 2.24) is 15.5 Å². The summed E-state index contributed by atoms with van der Waals surface area (Å²) in [6.07, 6.45) is 3.10.